The number of thioether (sulfide) groups is 2. The molecule has 2 rings (SSSR count). The van der Waals surface area contributed by atoms with Crippen LogP contribution in [0.1, 0.15) is 46.9 Å². The van der Waals surface area contributed by atoms with Crippen LogP contribution in [0.3, 0.4) is 0 Å². The molecule has 0 atom stereocenters. The summed E-state index contributed by atoms with van der Waals surface area (Å²) in [6, 6.07) is 0. The first-order chi connectivity index (χ1) is 12.9. The Balaban J connectivity index is 1.95. The smallest absolute Gasteiger partial charge is 0.193 e. The molecule has 0 radical (unpaired) electrons. The van der Waals surface area contributed by atoms with Crippen LogP contribution in [0.2, 0.25) is 0 Å². The van der Waals surface area contributed by atoms with E-state index < -0.39 is 0 Å². The van der Waals surface area contributed by atoms with Crippen LogP contribution in [0.15, 0.2) is 10.1 Å². The van der Waals surface area contributed by atoms with Crippen molar-refractivity contribution in [1.29, 1.82) is 0 Å². The first-order valence-corrected chi connectivity index (χ1v) is 12.2. The van der Waals surface area contributed by atoms with Gasteiger partial charge in [-0.05, 0) is 39.4 Å². The van der Waals surface area contributed by atoms with E-state index in [1.165, 1.54) is 0 Å². The van der Waals surface area contributed by atoms with Crippen LogP contribution in [0, 0.1) is 5.92 Å². The molecular weight excluding hydrogens is 376 g/mol. The molecule has 0 saturated carbocycles. The van der Waals surface area contributed by atoms with Crippen molar-refractivity contribution in [1.82, 2.24) is 25.0 Å². The highest BCUT2D eigenvalue weighted by atomic mass is 32.2. The summed E-state index contributed by atoms with van der Waals surface area (Å²) in [5.41, 5.74) is 0. The van der Waals surface area contributed by atoms with Gasteiger partial charge >= 0.3 is 0 Å². The highest BCUT2D eigenvalue weighted by Crippen LogP contribution is 2.29. The van der Waals surface area contributed by atoms with E-state index in [4.69, 9.17) is 4.99 Å². The maximum Gasteiger partial charge on any atom is 0.193 e. The van der Waals surface area contributed by atoms with Crippen LogP contribution in [0.5, 0.6) is 0 Å². The number of guanidine groups is 1. The Morgan fingerprint density at radius 1 is 1.37 bits per heavy atom. The van der Waals surface area contributed by atoms with E-state index in [-0.39, 0.29) is 4.75 Å². The zero-order valence-corrected chi connectivity index (χ0v) is 19.4. The molecule has 8 heteroatoms. The number of nitrogens with zero attached hydrogens (tertiary/aromatic N) is 5. The van der Waals surface area contributed by atoms with Crippen molar-refractivity contribution in [3.8, 4) is 0 Å². The van der Waals surface area contributed by atoms with Crippen LogP contribution >= 0.6 is 23.5 Å². The van der Waals surface area contributed by atoms with Crippen molar-refractivity contribution in [2.75, 3.05) is 38.2 Å². The van der Waals surface area contributed by atoms with Gasteiger partial charge in [0.15, 0.2) is 11.1 Å². The minimum atomic E-state index is 0.288. The summed E-state index contributed by atoms with van der Waals surface area (Å²) in [5, 5.41) is 13.2. The molecular formula is C19H36N6S2. The Hall–Kier alpha value is -0.890. The number of rotatable bonds is 8. The molecule has 0 bridgehead atoms. The van der Waals surface area contributed by atoms with E-state index >= 15 is 0 Å². The molecule has 0 amide bonds. The molecule has 1 saturated heterocycles. The summed E-state index contributed by atoms with van der Waals surface area (Å²) in [6.07, 6.45) is 3.98. The molecule has 1 aliphatic heterocycles. The molecule has 0 aliphatic carbocycles. The van der Waals surface area contributed by atoms with Gasteiger partial charge in [-0.15, -0.1) is 10.2 Å². The molecule has 1 aliphatic rings. The van der Waals surface area contributed by atoms with Gasteiger partial charge in [0.1, 0.15) is 5.82 Å². The largest absolute Gasteiger partial charge is 0.357 e. The zero-order chi connectivity index (χ0) is 19.9. The lowest BCUT2D eigenvalue weighted by Crippen LogP contribution is -2.51. The minimum Gasteiger partial charge on any atom is -0.357 e. The SMILES string of the molecule is CCNC(=NCCCc1nnc(SC)n1CC(C)C)N1CCSC(C)(C)C1. The fourth-order valence-corrected chi connectivity index (χ4v) is 4.88. The highest BCUT2D eigenvalue weighted by Gasteiger charge is 2.28. The lowest BCUT2D eigenvalue weighted by atomic mass is 10.2. The molecule has 1 fully saturated rings. The quantitative estimate of drug-likeness (QED) is 0.306. The minimum absolute atomic E-state index is 0.288. The fourth-order valence-electron chi connectivity index (χ4n) is 3.25. The number of hydrogen-bond acceptors (Lipinski definition) is 5. The molecule has 1 aromatic rings. The molecule has 0 aromatic carbocycles. The molecule has 6 nitrogen and oxygen atoms in total. The van der Waals surface area contributed by atoms with Crippen molar-refractivity contribution in [3.05, 3.63) is 5.82 Å². The second-order valence-corrected chi connectivity index (χ2v) is 10.6. The van der Waals surface area contributed by atoms with Gasteiger partial charge in [-0.2, -0.15) is 11.8 Å². The van der Waals surface area contributed by atoms with E-state index in [1.807, 2.05) is 0 Å². The van der Waals surface area contributed by atoms with Gasteiger partial charge in [0.2, 0.25) is 0 Å². The zero-order valence-electron chi connectivity index (χ0n) is 17.8. The Morgan fingerprint density at radius 3 is 2.78 bits per heavy atom. The third-order valence-electron chi connectivity index (χ3n) is 4.40. The summed E-state index contributed by atoms with van der Waals surface area (Å²) in [6.45, 7) is 16.1. The van der Waals surface area contributed by atoms with E-state index in [0.29, 0.717) is 5.92 Å². The highest BCUT2D eigenvalue weighted by molar-refractivity contribution is 8.00. The van der Waals surface area contributed by atoms with Crippen LogP contribution in [0.25, 0.3) is 0 Å². The van der Waals surface area contributed by atoms with Gasteiger partial charge in [0.05, 0.1) is 0 Å². The maximum absolute atomic E-state index is 4.89. The molecule has 154 valence electrons. The summed E-state index contributed by atoms with van der Waals surface area (Å²) >= 11 is 3.72. The average Bonchev–Trinajstić information content (AvgIpc) is 2.97. The summed E-state index contributed by atoms with van der Waals surface area (Å²) < 4.78 is 2.56. The molecule has 0 unspecified atom stereocenters. The summed E-state index contributed by atoms with van der Waals surface area (Å²) in [5.74, 6) is 3.89. The van der Waals surface area contributed by atoms with Gasteiger partial charge in [-0.1, -0.05) is 25.6 Å². The van der Waals surface area contributed by atoms with Gasteiger partial charge in [0, 0.05) is 49.6 Å². The van der Waals surface area contributed by atoms with Gasteiger partial charge < -0.3 is 14.8 Å². The van der Waals surface area contributed by atoms with Gasteiger partial charge in [0.25, 0.3) is 0 Å². The monoisotopic (exact) mass is 412 g/mol. The molecule has 1 N–H and O–H groups in total. The first-order valence-electron chi connectivity index (χ1n) is 9.99. The third kappa shape index (κ3) is 6.89. The molecule has 1 aromatic heterocycles. The van der Waals surface area contributed by atoms with Gasteiger partial charge in [-0.25, -0.2) is 0 Å². The topological polar surface area (TPSA) is 58.3 Å². The Bertz CT molecular complexity index is 611. The number of aryl methyl sites for hydroxylation is 1. The lowest BCUT2D eigenvalue weighted by molar-refractivity contribution is 0.375. The van der Waals surface area contributed by atoms with E-state index in [9.17, 15) is 0 Å². The molecule has 0 spiro atoms. The lowest BCUT2D eigenvalue weighted by Gasteiger charge is -2.39. The third-order valence-corrected chi connectivity index (χ3v) is 6.37. The van der Waals surface area contributed by atoms with E-state index in [1.54, 1.807) is 11.8 Å². The number of hydrogen-bond donors (Lipinski definition) is 1. The van der Waals surface area contributed by atoms with Crippen LogP contribution in [-0.2, 0) is 13.0 Å². The summed E-state index contributed by atoms with van der Waals surface area (Å²) in [7, 11) is 0. The normalized spacial score (nSPS) is 17.6. The molecule has 2 heterocycles. The van der Waals surface area contributed by atoms with E-state index in [0.717, 1.165) is 68.3 Å². The van der Waals surface area contributed by atoms with Crippen LogP contribution in [0.4, 0.5) is 0 Å². The second-order valence-electron chi connectivity index (χ2n) is 7.98. The second kappa shape index (κ2) is 10.6. The Labute approximate surface area is 173 Å². The van der Waals surface area contributed by atoms with Crippen molar-refractivity contribution in [2.45, 2.75) is 63.9 Å². The van der Waals surface area contributed by atoms with Crippen LogP contribution < -0.4 is 5.32 Å². The number of nitrogens with one attached hydrogen (secondary N) is 1. The number of aromatic nitrogens is 3. The van der Waals surface area contributed by atoms with E-state index in [2.05, 4.69) is 77.6 Å². The van der Waals surface area contributed by atoms with Crippen molar-refractivity contribution in [2.24, 2.45) is 10.9 Å². The first kappa shape index (κ1) is 22.4. The predicted octanol–water partition coefficient (Wildman–Crippen LogP) is 3.38. The van der Waals surface area contributed by atoms with Gasteiger partial charge in [-0.3, -0.25) is 4.99 Å². The Kier molecular flexibility index (Phi) is 8.79. The predicted molar refractivity (Wildman–Crippen MR) is 119 cm³/mol. The Morgan fingerprint density at radius 2 is 2.15 bits per heavy atom. The van der Waals surface area contributed by atoms with Crippen LogP contribution in [-0.4, -0.2) is 68.6 Å². The summed E-state index contributed by atoms with van der Waals surface area (Å²) in [4.78, 5) is 7.30. The molecule has 27 heavy (non-hydrogen) atoms. The average molecular weight is 413 g/mol. The van der Waals surface area contributed by atoms with Crippen molar-refractivity contribution >= 4 is 29.5 Å². The standard InChI is InChI=1S/C19H36N6S2/c1-7-20-17(24-11-12-27-19(4,5)14-24)21-10-8-9-16-22-23-18(26-6)25(16)13-15(2)3/h15H,7-14H2,1-6H3,(H,20,21). The fraction of sp³-hybridized carbons (Fsp3) is 0.842. The number of aliphatic imine (C=N–C) groups is 1. The van der Waals surface area contributed by atoms with Crippen molar-refractivity contribution in [3.63, 3.8) is 0 Å². The maximum atomic E-state index is 4.89. The van der Waals surface area contributed by atoms with Crippen molar-refractivity contribution < 1.29 is 0 Å².